The standard InChI is InChI=1S/C8H14N6O2/c1-13-11-6(10-12-13)4-14-3-2-8(9,5-14)7(15)16/h2-5,9H2,1H3,(H,15,16). The van der Waals surface area contributed by atoms with Crippen LogP contribution in [0.15, 0.2) is 0 Å². The number of carbonyl (C=O) groups is 1. The molecule has 0 amide bonds. The molecule has 1 aliphatic heterocycles. The Morgan fingerprint density at radius 3 is 2.94 bits per heavy atom. The molecule has 16 heavy (non-hydrogen) atoms. The number of likely N-dealkylation sites (tertiary alicyclic amines) is 1. The van der Waals surface area contributed by atoms with Gasteiger partial charge in [0.25, 0.3) is 0 Å². The van der Waals surface area contributed by atoms with Crippen LogP contribution in [-0.2, 0) is 18.4 Å². The van der Waals surface area contributed by atoms with E-state index >= 15 is 0 Å². The molecule has 0 radical (unpaired) electrons. The van der Waals surface area contributed by atoms with Crippen molar-refractivity contribution in [2.45, 2.75) is 18.5 Å². The van der Waals surface area contributed by atoms with E-state index in [9.17, 15) is 4.79 Å². The molecular weight excluding hydrogens is 212 g/mol. The zero-order chi connectivity index (χ0) is 11.8. The molecule has 8 nitrogen and oxygen atoms in total. The van der Waals surface area contributed by atoms with E-state index in [1.54, 1.807) is 7.05 Å². The van der Waals surface area contributed by atoms with Gasteiger partial charge >= 0.3 is 5.97 Å². The maximum Gasteiger partial charge on any atom is 0.325 e. The molecule has 1 unspecified atom stereocenters. The molecule has 1 atom stereocenters. The number of carboxylic acid groups (broad SMARTS) is 1. The van der Waals surface area contributed by atoms with Crippen molar-refractivity contribution in [3.63, 3.8) is 0 Å². The maximum absolute atomic E-state index is 10.9. The van der Waals surface area contributed by atoms with E-state index in [2.05, 4.69) is 15.4 Å². The van der Waals surface area contributed by atoms with Crippen LogP contribution in [-0.4, -0.2) is 54.8 Å². The lowest BCUT2D eigenvalue weighted by Crippen LogP contribution is -2.50. The summed E-state index contributed by atoms with van der Waals surface area (Å²) < 4.78 is 0. The lowest BCUT2D eigenvalue weighted by atomic mass is 10.0. The second-order valence-corrected chi connectivity index (χ2v) is 4.12. The van der Waals surface area contributed by atoms with Crippen LogP contribution >= 0.6 is 0 Å². The van der Waals surface area contributed by atoms with E-state index in [1.807, 2.05) is 4.90 Å². The third kappa shape index (κ3) is 2.02. The Hall–Kier alpha value is -1.54. The van der Waals surface area contributed by atoms with Crippen molar-refractivity contribution in [1.82, 2.24) is 25.1 Å². The van der Waals surface area contributed by atoms with Crippen molar-refractivity contribution in [2.75, 3.05) is 13.1 Å². The smallest absolute Gasteiger partial charge is 0.325 e. The Labute approximate surface area is 92.0 Å². The van der Waals surface area contributed by atoms with Crippen LogP contribution in [0.4, 0.5) is 0 Å². The van der Waals surface area contributed by atoms with Crippen LogP contribution in [0.25, 0.3) is 0 Å². The van der Waals surface area contributed by atoms with Gasteiger partial charge in [-0.15, -0.1) is 10.2 Å². The number of tetrazole rings is 1. The molecule has 2 rings (SSSR count). The fourth-order valence-corrected chi connectivity index (χ4v) is 1.81. The van der Waals surface area contributed by atoms with Crippen molar-refractivity contribution in [1.29, 1.82) is 0 Å². The van der Waals surface area contributed by atoms with Gasteiger partial charge in [-0.05, 0) is 11.6 Å². The van der Waals surface area contributed by atoms with Gasteiger partial charge in [-0.2, -0.15) is 4.80 Å². The average Bonchev–Trinajstić information content (AvgIpc) is 2.75. The van der Waals surface area contributed by atoms with Gasteiger partial charge in [0, 0.05) is 13.1 Å². The van der Waals surface area contributed by atoms with Crippen molar-refractivity contribution in [2.24, 2.45) is 12.8 Å². The molecular formula is C8H14N6O2. The van der Waals surface area contributed by atoms with Crippen LogP contribution in [0.1, 0.15) is 12.2 Å². The number of rotatable bonds is 3. The summed E-state index contributed by atoms with van der Waals surface area (Å²) in [6.45, 7) is 1.45. The van der Waals surface area contributed by atoms with Crippen LogP contribution in [0.2, 0.25) is 0 Å². The Balaban J connectivity index is 1.97. The van der Waals surface area contributed by atoms with Gasteiger partial charge in [0.2, 0.25) is 0 Å². The van der Waals surface area contributed by atoms with Gasteiger partial charge in [0.05, 0.1) is 13.6 Å². The summed E-state index contributed by atoms with van der Waals surface area (Å²) in [4.78, 5) is 14.2. The highest BCUT2D eigenvalue weighted by molar-refractivity contribution is 5.79. The Morgan fingerprint density at radius 2 is 2.44 bits per heavy atom. The van der Waals surface area contributed by atoms with E-state index in [4.69, 9.17) is 10.8 Å². The van der Waals surface area contributed by atoms with Gasteiger partial charge in [-0.3, -0.25) is 9.69 Å². The number of aromatic nitrogens is 4. The molecule has 3 N–H and O–H groups in total. The van der Waals surface area contributed by atoms with Gasteiger partial charge in [-0.25, -0.2) is 0 Å². The second kappa shape index (κ2) is 3.80. The maximum atomic E-state index is 10.9. The minimum absolute atomic E-state index is 0.320. The first kappa shape index (κ1) is 11.0. The Kier molecular flexibility index (Phi) is 2.60. The van der Waals surface area contributed by atoms with Crippen molar-refractivity contribution in [3.05, 3.63) is 5.82 Å². The summed E-state index contributed by atoms with van der Waals surface area (Å²) in [6.07, 6.45) is 0.447. The van der Waals surface area contributed by atoms with E-state index in [1.165, 1.54) is 4.80 Å². The summed E-state index contributed by atoms with van der Waals surface area (Å²) in [6, 6.07) is 0. The fraction of sp³-hybridized carbons (Fsp3) is 0.750. The third-order valence-corrected chi connectivity index (χ3v) is 2.72. The molecule has 0 aromatic carbocycles. The van der Waals surface area contributed by atoms with Gasteiger partial charge in [-0.1, -0.05) is 0 Å². The number of nitrogens with zero attached hydrogens (tertiary/aromatic N) is 5. The summed E-state index contributed by atoms with van der Waals surface area (Å²) in [5.74, 6) is -0.376. The number of hydrogen-bond acceptors (Lipinski definition) is 6. The highest BCUT2D eigenvalue weighted by Gasteiger charge is 2.41. The van der Waals surface area contributed by atoms with E-state index in [0.29, 0.717) is 31.9 Å². The average molecular weight is 226 g/mol. The quantitative estimate of drug-likeness (QED) is 0.625. The molecule has 8 heteroatoms. The molecule has 0 spiro atoms. The molecule has 0 saturated carbocycles. The fourth-order valence-electron chi connectivity index (χ4n) is 1.81. The van der Waals surface area contributed by atoms with Crippen LogP contribution in [0.3, 0.4) is 0 Å². The summed E-state index contributed by atoms with van der Waals surface area (Å²) in [5, 5.41) is 20.5. The third-order valence-electron chi connectivity index (χ3n) is 2.72. The van der Waals surface area contributed by atoms with Gasteiger partial charge in [0.1, 0.15) is 5.54 Å². The molecule has 1 aromatic rings. The van der Waals surface area contributed by atoms with Gasteiger partial charge < -0.3 is 10.8 Å². The zero-order valence-corrected chi connectivity index (χ0v) is 9.00. The van der Waals surface area contributed by atoms with Crippen LogP contribution < -0.4 is 5.73 Å². The summed E-state index contributed by atoms with van der Waals surface area (Å²) in [5.41, 5.74) is 4.61. The zero-order valence-electron chi connectivity index (χ0n) is 9.00. The SMILES string of the molecule is Cn1nnc(CN2CCC(N)(C(=O)O)C2)n1. The molecule has 1 aliphatic rings. The Morgan fingerprint density at radius 1 is 1.69 bits per heavy atom. The van der Waals surface area contributed by atoms with Crippen LogP contribution in [0, 0.1) is 0 Å². The topological polar surface area (TPSA) is 110 Å². The van der Waals surface area contributed by atoms with E-state index in [-0.39, 0.29) is 0 Å². The van der Waals surface area contributed by atoms with Crippen molar-refractivity contribution >= 4 is 5.97 Å². The first-order chi connectivity index (χ1) is 7.49. The highest BCUT2D eigenvalue weighted by Crippen LogP contribution is 2.19. The molecule has 88 valence electrons. The van der Waals surface area contributed by atoms with Crippen molar-refractivity contribution in [3.8, 4) is 0 Å². The molecule has 1 aromatic heterocycles. The number of aryl methyl sites for hydroxylation is 1. The van der Waals surface area contributed by atoms with Gasteiger partial charge in [0.15, 0.2) is 5.82 Å². The lowest BCUT2D eigenvalue weighted by molar-refractivity contribution is -0.142. The minimum atomic E-state index is -1.14. The summed E-state index contributed by atoms with van der Waals surface area (Å²) >= 11 is 0. The van der Waals surface area contributed by atoms with E-state index in [0.717, 1.165) is 0 Å². The number of hydrogen-bond donors (Lipinski definition) is 2. The number of aliphatic carboxylic acids is 1. The first-order valence-corrected chi connectivity index (χ1v) is 4.97. The normalized spacial score (nSPS) is 26.1. The predicted octanol–water partition coefficient (Wildman–Crippen LogP) is -1.80. The predicted molar refractivity (Wildman–Crippen MR) is 53.2 cm³/mol. The molecule has 1 saturated heterocycles. The minimum Gasteiger partial charge on any atom is -0.480 e. The highest BCUT2D eigenvalue weighted by atomic mass is 16.4. The molecule has 0 aliphatic carbocycles. The lowest BCUT2D eigenvalue weighted by Gasteiger charge is -2.18. The molecule has 1 fully saturated rings. The second-order valence-electron chi connectivity index (χ2n) is 4.12. The monoisotopic (exact) mass is 226 g/mol. The molecule has 2 heterocycles. The van der Waals surface area contributed by atoms with E-state index < -0.39 is 11.5 Å². The number of nitrogens with two attached hydrogens (primary N) is 1. The van der Waals surface area contributed by atoms with Crippen LogP contribution in [0.5, 0.6) is 0 Å². The largest absolute Gasteiger partial charge is 0.480 e. The first-order valence-electron chi connectivity index (χ1n) is 4.97. The number of carboxylic acids is 1. The summed E-state index contributed by atoms with van der Waals surface area (Å²) in [7, 11) is 1.69. The van der Waals surface area contributed by atoms with Crippen molar-refractivity contribution < 1.29 is 9.90 Å². The Bertz CT molecular complexity index is 405. The molecule has 0 bridgehead atoms.